The van der Waals surface area contributed by atoms with Crippen LogP contribution in [0.5, 0.6) is 0 Å². The first-order chi connectivity index (χ1) is 19.1. The molecule has 0 aliphatic carbocycles. The van der Waals surface area contributed by atoms with Crippen LogP contribution in [-0.4, -0.2) is 163 Å². The van der Waals surface area contributed by atoms with Gasteiger partial charge in [0.1, 0.15) is 0 Å². The number of ether oxygens (including phenoxy) is 1. The summed E-state index contributed by atoms with van der Waals surface area (Å²) in [5.41, 5.74) is -0.666. The van der Waals surface area contributed by atoms with E-state index in [1.165, 1.54) is 0 Å². The Hall–Kier alpha value is -2.36. The molecule has 2 rings (SSSR count). The van der Waals surface area contributed by atoms with Crippen LogP contribution in [0.2, 0.25) is 0 Å². The van der Waals surface area contributed by atoms with E-state index in [1.54, 1.807) is 14.8 Å². The fraction of sp³-hybridized carbons (Fsp3) is 0.852. The second-order valence-corrected chi connectivity index (χ2v) is 12.8. The van der Waals surface area contributed by atoms with E-state index in [9.17, 15) is 29.4 Å². The topological polar surface area (TPSA) is 172 Å². The van der Waals surface area contributed by atoms with E-state index in [0.717, 1.165) is 0 Å². The van der Waals surface area contributed by atoms with E-state index in [2.05, 4.69) is 5.32 Å². The van der Waals surface area contributed by atoms with Gasteiger partial charge in [0.05, 0.1) is 32.8 Å². The fourth-order valence-corrected chi connectivity index (χ4v) is 4.84. The van der Waals surface area contributed by atoms with Crippen LogP contribution >= 0.6 is 0 Å². The van der Waals surface area contributed by atoms with Gasteiger partial charge in [0, 0.05) is 83.8 Å². The minimum absolute atomic E-state index is 0.107. The molecular weight excluding hydrogens is 534 g/mol. The molecule has 0 saturated carbocycles. The minimum atomic E-state index is -0.941. The van der Waals surface area contributed by atoms with E-state index in [0.29, 0.717) is 91.6 Å². The highest BCUT2D eigenvalue weighted by molar-refractivity contribution is 5.78. The molecule has 14 nitrogen and oxygen atoms in total. The Morgan fingerprint density at radius 3 is 1.61 bits per heavy atom. The number of hydrogen-bond donors (Lipinski definition) is 4. The van der Waals surface area contributed by atoms with Crippen LogP contribution < -0.4 is 11.2 Å². The van der Waals surface area contributed by atoms with E-state index < -0.39 is 11.9 Å². The van der Waals surface area contributed by atoms with Crippen molar-refractivity contribution in [2.45, 2.75) is 34.1 Å². The molecule has 2 amide bonds. The van der Waals surface area contributed by atoms with Crippen molar-refractivity contribution in [1.29, 1.82) is 0 Å². The zero-order valence-corrected chi connectivity index (χ0v) is 25.3. The number of carbonyl (C=O) groups is 4. The van der Waals surface area contributed by atoms with Gasteiger partial charge in [-0.1, -0.05) is 27.7 Å². The summed E-state index contributed by atoms with van der Waals surface area (Å²) in [5, 5.41) is 23.1. The molecule has 0 aromatic heterocycles. The number of nitrogens with two attached hydrogens (primary N) is 1. The van der Waals surface area contributed by atoms with Crippen LogP contribution in [0.3, 0.4) is 0 Å². The average Bonchev–Trinajstić information content (AvgIpc) is 2.94. The van der Waals surface area contributed by atoms with Gasteiger partial charge in [-0.15, -0.1) is 0 Å². The molecule has 2 fully saturated rings. The molecule has 5 N–H and O–H groups in total. The van der Waals surface area contributed by atoms with Gasteiger partial charge in [-0.05, 0) is 5.41 Å². The largest absolute Gasteiger partial charge is 0.480 e. The SMILES string of the molecule is CC(C)(CNC(=O)CN1CCN(CC(=O)O)CCN(CC(=O)O)CC1)COCC(C)(C)CC(=O)N1CCN(N)CC1. The number of aliphatic carboxylic acids is 2. The van der Waals surface area contributed by atoms with Crippen molar-refractivity contribution in [3.8, 4) is 0 Å². The lowest BCUT2D eigenvalue weighted by Gasteiger charge is -2.35. The predicted octanol–water partition coefficient (Wildman–Crippen LogP) is -1.33. The number of hydrazine groups is 1. The zero-order valence-electron chi connectivity index (χ0n) is 25.3. The lowest BCUT2D eigenvalue weighted by molar-refractivity contribution is -0.140. The van der Waals surface area contributed by atoms with E-state index in [1.807, 2.05) is 37.5 Å². The quantitative estimate of drug-likeness (QED) is 0.177. The van der Waals surface area contributed by atoms with Crippen molar-refractivity contribution in [2.24, 2.45) is 16.7 Å². The van der Waals surface area contributed by atoms with Crippen molar-refractivity contribution >= 4 is 23.8 Å². The van der Waals surface area contributed by atoms with E-state index >= 15 is 0 Å². The maximum atomic E-state index is 12.8. The number of piperazine rings is 1. The Balaban J connectivity index is 1.78. The number of rotatable bonds is 14. The predicted molar refractivity (Wildman–Crippen MR) is 153 cm³/mol. The molecule has 0 aromatic rings. The second-order valence-electron chi connectivity index (χ2n) is 12.8. The molecular formula is C27H51N7O7. The Labute approximate surface area is 243 Å². The third-order valence-electron chi connectivity index (χ3n) is 7.33. The maximum absolute atomic E-state index is 12.8. The molecule has 0 aromatic carbocycles. The summed E-state index contributed by atoms with van der Waals surface area (Å²) < 4.78 is 6.01. The van der Waals surface area contributed by atoms with Crippen molar-refractivity contribution < 1.29 is 34.1 Å². The number of hydrogen-bond acceptors (Lipinski definition) is 10. The van der Waals surface area contributed by atoms with Crippen molar-refractivity contribution in [3.63, 3.8) is 0 Å². The Morgan fingerprint density at radius 1 is 0.707 bits per heavy atom. The summed E-state index contributed by atoms with van der Waals surface area (Å²) in [6.07, 6.45) is 0.387. The van der Waals surface area contributed by atoms with E-state index in [-0.39, 0.29) is 42.3 Å². The number of carboxylic acid groups (broad SMARTS) is 2. The number of nitrogens with zero attached hydrogens (tertiary/aromatic N) is 5. The van der Waals surface area contributed by atoms with Gasteiger partial charge in [-0.2, -0.15) is 0 Å². The summed E-state index contributed by atoms with van der Waals surface area (Å²) in [7, 11) is 0. The van der Waals surface area contributed by atoms with Gasteiger partial charge in [0.15, 0.2) is 0 Å². The van der Waals surface area contributed by atoms with Crippen LogP contribution in [0.25, 0.3) is 0 Å². The molecule has 41 heavy (non-hydrogen) atoms. The van der Waals surface area contributed by atoms with Crippen LogP contribution in [0.1, 0.15) is 34.1 Å². The average molecular weight is 586 g/mol. The van der Waals surface area contributed by atoms with E-state index in [4.69, 9.17) is 10.6 Å². The second kappa shape index (κ2) is 16.3. The molecule has 0 atom stereocenters. The molecule has 0 unspecified atom stereocenters. The molecule has 2 heterocycles. The van der Waals surface area contributed by atoms with Gasteiger partial charge in [-0.25, -0.2) is 5.01 Å². The first-order valence-corrected chi connectivity index (χ1v) is 14.4. The van der Waals surface area contributed by atoms with Crippen molar-refractivity contribution in [1.82, 2.24) is 29.9 Å². The number of nitrogens with one attached hydrogen (secondary N) is 1. The molecule has 2 aliphatic heterocycles. The number of carbonyl (C=O) groups excluding carboxylic acids is 2. The third-order valence-corrected chi connectivity index (χ3v) is 7.33. The maximum Gasteiger partial charge on any atom is 0.317 e. The van der Waals surface area contributed by atoms with Gasteiger partial charge < -0.3 is 25.2 Å². The number of amides is 2. The standard InChI is InChI=1S/C27H51N7O7/c1-26(2,15-23(36)33-11-13-34(28)14-12-33)20-41-21-27(3,4)19-29-22(35)16-30-5-7-31(17-24(37)38)9-10-32(8-6-30)18-25(39)40/h5-21,28H2,1-4H3,(H,29,35)(H,37,38)(H,39,40). The van der Waals surface area contributed by atoms with Crippen LogP contribution in [-0.2, 0) is 23.9 Å². The summed E-state index contributed by atoms with van der Waals surface area (Å²) in [4.78, 5) is 55.3. The van der Waals surface area contributed by atoms with Gasteiger partial charge in [0.25, 0.3) is 0 Å². The third kappa shape index (κ3) is 14.4. The Bertz CT molecular complexity index is 850. The highest BCUT2D eigenvalue weighted by Crippen LogP contribution is 2.24. The molecule has 0 spiro atoms. The molecule has 2 aliphatic rings. The first-order valence-electron chi connectivity index (χ1n) is 14.4. The van der Waals surface area contributed by atoms with Gasteiger partial charge >= 0.3 is 11.9 Å². The Kier molecular flexibility index (Phi) is 13.9. The van der Waals surface area contributed by atoms with Crippen LogP contribution in [0.4, 0.5) is 0 Å². The molecule has 236 valence electrons. The lowest BCUT2D eigenvalue weighted by Crippen LogP contribution is -2.51. The summed E-state index contributed by atoms with van der Waals surface area (Å²) in [6.45, 7) is 14.6. The highest BCUT2D eigenvalue weighted by Gasteiger charge is 2.29. The smallest absolute Gasteiger partial charge is 0.317 e. The molecule has 2 saturated heterocycles. The zero-order chi connectivity index (χ0) is 30.6. The van der Waals surface area contributed by atoms with Crippen molar-refractivity contribution in [2.75, 3.05) is 105 Å². The molecule has 14 heteroatoms. The number of carboxylic acids is 2. The van der Waals surface area contributed by atoms with Crippen LogP contribution in [0, 0.1) is 10.8 Å². The summed E-state index contributed by atoms with van der Waals surface area (Å²) in [6, 6.07) is 0. The van der Waals surface area contributed by atoms with Crippen LogP contribution in [0.15, 0.2) is 0 Å². The molecule has 0 radical (unpaired) electrons. The Morgan fingerprint density at radius 2 is 1.15 bits per heavy atom. The lowest BCUT2D eigenvalue weighted by atomic mass is 9.89. The summed E-state index contributed by atoms with van der Waals surface area (Å²) in [5.74, 6) is 3.85. The molecule has 0 bridgehead atoms. The highest BCUT2D eigenvalue weighted by atomic mass is 16.5. The van der Waals surface area contributed by atoms with Gasteiger partial charge in [0.2, 0.25) is 11.8 Å². The van der Waals surface area contributed by atoms with Gasteiger partial charge in [-0.3, -0.25) is 39.7 Å². The minimum Gasteiger partial charge on any atom is -0.480 e. The first kappa shape index (κ1) is 34.8. The monoisotopic (exact) mass is 585 g/mol. The summed E-state index contributed by atoms with van der Waals surface area (Å²) >= 11 is 0. The fourth-order valence-electron chi connectivity index (χ4n) is 4.84. The van der Waals surface area contributed by atoms with Crippen molar-refractivity contribution in [3.05, 3.63) is 0 Å². The normalized spacial score (nSPS) is 19.3.